The van der Waals surface area contributed by atoms with Gasteiger partial charge in [-0.1, -0.05) is 18.2 Å². The van der Waals surface area contributed by atoms with Crippen molar-refractivity contribution in [1.82, 2.24) is 4.31 Å². The molecule has 1 atom stereocenters. The van der Waals surface area contributed by atoms with Crippen LogP contribution in [0.1, 0.15) is 0 Å². The fraction of sp³-hybridized carbons (Fsp3) is 0.300. The van der Waals surface area contributed by atoms with Gasteiger partial charge in [-0.25, -0.2) is 4.31 Å². The molecule has 0 bridgehead atoms. The lowest BCUT2D eigenvalue weighted by Crippen LogP contribution is -2.50. The van der Waals surface area contributed by atoms with Crippen LogP contribution in [0.2, 0.25) is 0 Å². The highest BCUT2D eigenvalue weighted by Crippen LogP contribution is 2.16. The van der Waals surface area contributed by atoms with Gasteiger partial charge in [0.05, 0.1) is 6.54 Å². The van der Waals surface area contributed by atoms with Crippen LogP contribution in [0.4, 0.5) is 5.69 Å². The fourth-order valence-corrected chi connectivity index (χ4v) is 2.11. The third-order valence-electron chi connectivity index (χ3n) is 2.46. The standard InChI is InChI=1S/C10H12N2O3S/c13-10-8-11(16(14)15)6-7-12(10)9-4-2-1-3-5-9/h1-5H,6-8H2,(H,14,15)/p-1. The molecule has 0 aliphatic carbocycles. The van der Waals surface area contributed by atoms with E-state index in [-0.39, 0.29) is 12.5 Å². The molecule has 1 aliphatic heterocycles. The van der Waals surface area contributed by atoms with E-state index in [0.717, 1.165) is 9.99 Å². The third kappa shape index (κ3) is 2.29. The van der Waals surface area contributed by atoms with E-state index in [2.05, 4.69) is 0 Å². The number of piperazine rings is 1. The van der Waals surface area contributed by atoms with E-state index in [9.17, 15) is 13.6 Å². The lowest BCUT2D eigenvalue weighted by molar-refractivity contribution is -0.120. The zero-order chi connectivity index (χ0) is 11.5. The number of para-hydroxylation sites is 1. The van der Waals surface area contributed by atoms with Crippen molar-refractivity contribution >= 4 is 22.9 Å². The lowest BCUT2D eigenvalue weighted by Gasteiger charge is -2.34. The Labute approximate surface area is 96.1 Å². The molecule has 1 unspecified atom stereocenters. The smallest absolute Gasteiger partial charge is 0.242 e. The van der Waals surface area contributed by atoms with Crippen LogP contribution in [-0.4, -0.2) is 38.6 Å². The molecule has 1 aromatic carbocycles. The molecule has 0 aromatic heterocycles. The average Bonchev–Trinajstić information content (AvgIpc) is 2.30. The maximum absolute atomic E-state index is 11.7. The SMILES string of the molecule is O=C1CN(S(=O)[O-])CCN1c1ccccc1. The van der Waals surface area contributed by atoms with Gasteiger partial charge in [-0.05, 0) is 12.1 Å². The molecule has 0 saturated carbocycles. The molecule has 2 rings (SSSR count). The first-order chi connectivity index (χ1) is 7.68. The molecule has 0 spiro atoms. The Morgan fingerprint density at radius 1 is 1.19 bits per heavy atom. The quantitative estimate of drug-likeness (QED) is 0.689. The summed E-state index contributed by atoms with van der Waals surface area (Å²) in [7, 11) is 0. The molecule has 16 heavy (non-hydrogen) atoms. The summed E-state index contributed by atoms with van der Waals surface area (Å²) >= 11 is -2.31. The van der Waals surface area contributed by atoms with Crippen molar-refractivity contribution in [2.45, 2.75) is 0 Å². The number of hydrogen-bond donors (Lipinski definition) is 0. The van der Waals surface area contributed by atoms with E-state index >= 15 is 0 Å². The van der Waals surface area contributed by atoms with Crippen molar-refractivity contribution in [3.05, 3.63) is 30.3 Å². The fourth-order valence-electron chi connectivity index (χ4n) is 1.66. The molecule has 1 saturated heterocycles. The van der Waals surface area contributed by atoms with Crippen molar-refractivity contribution in [3.8, 4) is 0 Å². The van der Waals surface area contributed by atoms with E-state index in [1.165, 1.54) is 0 Å². The van der Waals surface area contributed by atoms with Crippen molar-refractivity contribution in [1.29, 1.82) is 0 Å². The van der Waals surface area contributed by atoms with Crippen LogP contribution < -0.4 is 4.90 Å². The number of carbonyl (C=O) groups excluding carboxylic acids is 1. The summed E-state index contributed by atoms with van der Waals surface area (Å²) in [5.74, 6) is -0.193. The average molecular weight is 239 g/mol. The van der Waals surface area contributed by atoms with Gasteiger partial charge in [0, 0.05) is 30.0 Å². The maximum atomic E-state index is 11.7. The van der Waals surface area contributed by atoms with Crippen LogP contribution in [0.15, 0.2) is 30.3 Å². The predicted molar refractivity (Wildman–Crippen MR) is 59.3 cm³/mol. The summed E-state index contributed by atoms with van der Waals surface area (Å²) < 4.78 is 22.5. The van der Waals surface area contributed by atoms with Crippen molar-refractivity contribution < 1.29 is 13.6 Å². The third-order valence-corrected chi connectivity index (χ3v) is 3.20. The topological polar surface area (TPSA) is 63.7 Å². The number of hydrogen-bond acceptors (Lipinski definition) is 3. The monoisotopic (exact) mass is 239 g/mol. The Morgan fingerprint density at radius 3 is 2.44 bits per heavy atom. The molecule has 5 nitrogen and oxygen atoms in total. The van der Waals surface area contributed by atoms with Gasteiger partial charge in [-0.2, -0.15) is 0 Å². The number of nitrogens with zero attached hydrogens (tertiary/aromatic N) is 2. The van der Waals surface area contributed by atoms with E-state index in [1.54, 1.807) is 4.90 Å². The van der Waals surface area contributed by atoms with Gasteiger partial charge in [-0.15, -0.1) is 0 Å². The Kier molecular flexibility index (Phi) is 3.33. The first-order valence-corrected chi connectivity index (χ1v) is 5.91. The largest absolute Gasteiger partial charge is 0.760 e. The van der Waals surface area contributed by atoms with Gasteiger partial charge < -0.3 is 9.45 Å². The van der Waals surface area contributed by atoms with Crippen LogP contribution in [0.3, 0.4) is 0 Å². The highest BCUT2D eigenvalue weighted by Gasteiger charge is 2.25. The minimum absolute atomic E-state index is 0.0784. The van der Waals surface area contributed by atoms with Crippen LogP contribution in [0.5, 0.6) is 0 Å². The van der Waals surface area contributed by atoms with Gasteiger partial charge in [-0.3, -0.25) is 9.00 Å². The minimum atomic E-state index is -2.31. The van der Waals surface area contributed by atoms with Crippen LogP contribution in [-0.2, 0) is 16.1 Å². The van der Waals surface area contributed by atoms with Crippen LogP contribution in [0.25, 0.3) is 0 Å². The molecule has 1 fully saturated rings. The van der Waals surface area contributed by atoms with E-state index in [0.29, 0.717) is 13.1 Å². The molecule has 1 heterocycles. The summed E-state index contributed by atoms with van der Waals surface area (Å²) in [4.78, 5) is 13.3. The van der Waals surface area contributed by atoms with Gasteiger partial charge in [0.1, 0.15) is 0 Å². The second-order valence-corrected chi connectivity index (χ2v) is 4.41. The molecular formula is C10H11N2O3S-. The summed E-state index contributed by atoms with van der Waals surface area (Å²) in [6, 6.07) is 9.24. The molecule has 1 amide bonds. The molecule has 1 aliphatic rings. The van der Waals surface area contributed by atoms with Crippen molar-refractivity contribution in [3.63, 3.8) is 0 Å². The maximum Gasteiger partial charge on any atom is 0.242 e. The van der Waals surface area contributed by atoms with Crippen molar-refractivity contribution in [2.24, 2.45) is 0 Å². The van der Waals surface area contributed by atoms with Gasteiger partial charge in [0.15, 0.2) is 0 Å². The zero-order valence-corrected chi connectivity index (χ0v) is 9.35. The van der Waals surface area contributed by atoms with Gasteiger partial charge in [0.25, 0.3) is 0 Å². The second kappa shape index (κ2) is 4.73. The minimum Gasteiger partial charge on any atom is -0.760 e. The predicted octanol–water partition coefficient (Wildman–Crippen LogP) is 0.129. The summed E-state index contributed by atoms with van der Waals surface area (Å²) in [5.41, 5.74) is 0.809. The highest BCUT2D eigenvalue weighted by molar-refractivity contribution is 7.76. The summed E-state index contributed by atoms with van der Waals surface area (Å²) in [5, 5.41) is 0. The van der Waals surface area contributed by atoms with Gasteiger partial charge in [0.2, 0.25) is 5.91 Å². The summed E-state index contributed by atoms with van der Waals surface area (Å²) in [6.07, 6.45) is 0. The van der Waals surface area contributed by atoms with Crippen LogP contribution in [0, 0.1) is 0 Å². The first-order valence-electron chi connectivity index (χ1n) is 4.88. The van der Waals surface area contributed by atoms with E-state index < -0.39 is 11.3 Å². The van der Waals surface area contributed by atoms with Crippen LogP contribution >= 0.6 is 0 Å². The molecule has 6 heteroatoms. The van der Waals surface area contributed by atoms with E-state index in [1.807, 2.05) is 30.3 Å². The number of benzene rings is 1. The molecular weight excluding hydrogens is 228 g/mol. The Morgan fingerprint density at radius 2 is 1.88 bits per heavy atom. The molecule has 86 valence electrons. The number of rotatable bonds is 2. The first kappa shape index (κ1) is 11.3. The number of anilines is 1. The molecule has 1 aromatic rings. The highest BCUT2D eigenvalue weighted by atomic mass is 32.2. The van der Waals surface area contributed by atoms with E-state index in [4.69, 9.17) is 0 Å². The number of amides is 1. The molecule has 0 radical (unpaired) electrons. The second-order valence-electron chi connectivity index (χ2n) is 3.46. The number of carbonyl (C=O) groups is 1. The van der Waals surface area contributed by atoms with Crippen molar-refractivity contribution in [2.75, 3.05) is 24.5 Å². The lowest BCUT2D eigenvalue weighted by atomic mass is 10.2. The Hall–Kier alpha value is -1.24. The molecule has 0 N–H and O–H groups in total. The summed E-state index contributed by atoms with van der Waals surface area (Å²) in [6.45, 7) is 0.665. The Balaban J connectivity index is 2.11. The van der Waals surface area contributed by atoms with Gasteiger partial charge >= 0.3 is 0 Å². The normalized spacial score (nSPS) is 19.8. The zero-order valence-electron chi connectivity index (χ0n) is 8.54. The Bertz CT molecular complexity index is 410.